The first-order valence-electron chi connectivity index (χ1n) is 22.9. The summed E-state index contributed by atoms with van der Waals surface area (Å²) < 4.78 is 4.79. The fourth-order valence-corrected chi connectivity index (χ4v) is 11.0. The van der Waals surface area contributed by atoms with Crippen LogP contribution in [0.4, 0.5) is 0 Å². The minimum absolute atomic E-state index is 0. The summed E-state index contributed by atoms with van der Waals surface area (Å²) in [6, 6.07) is 60.9. The van der Waals surface area contributed by atoms with E-state index in [4.69, 9.17) is 4.98 Å². The Hall–Kier alpha value is -5.91. The second-order valence-electron chi connectivity index (χ2n) is 19.2. The molecule has 10 rings (SSSR count). The molecule has 3 heterocycles. The van der Waals surface area contributed by atoms with Crippen molar-refractivity contribution in [2.45, 2.75) is 79.4 Å². The van der Waals surface area contributed by atoms with Crippen LogP contribution in [0.25, 0.3) is 77.6 Å². The quantitative estimate of drug-likeness (QED) is 0.107. The molecule has 0 unspecified atom stereocenters. The van der Waals surface area contributed by atoms with Gasteiger partial charge in [0.05, 0.1) is 24.9 Å². The number of benzene rings is 7. The Balaban J connectivity index is 0.000000232. The van der Waals surface area contributed by atoms with E-state index in [0.29, 0.717) is 17.8 Å². The van der Waals surface area contributed by atoms with Crippen LogP contribution in [0.5, 0.6) is 0 Å². The molecule has 329 valence electrons. The van der Waals surface area contributed by atoms with Crippen molar-refractivity contribution in [1.82, 2.24) is 19.1 Å². The number of aromatic nitrogens is 4. The van der Waals surface area contributed by atoms with Gasteiger partial charge < -0.3 is 14.1 Å². The van der Waals surface area contributed by atoms with Crippen LogP contribution in [-0.4, -0.2) is 27.2 Å². The molecule has 7 aromatic carbocycles. The summed E-state index contributed by atoms with van der Waals surface area (Å²) >= 11 is 0. The average Bonchev–Trinajstić information content (AvgIpc) is 3.84. The summed E-state index contributed by atoms with van der Waals surface area (Å²) in [5, 5.41) is 6.31. The predicted molar refractivity (Wildman–Crippen MR) is 275 cm³/mol. The molecule has 0 fully saturated rings. The molecular weight excluding hydrogens is 985 g/mol. The zero-order chi connectivity index (χ0) is 44.7. The van der Waals surface area contributed by atoms with Gasteiger partial charge in [-0.1, -0.05) is 175 Å². The van der Waals surface area contributed by atoms with Gasteiger partial charge in [0.1, 0.15) is 0 Å². The van der Waals surface area contributed by atoms with Crippen molar-refractivity contribution in [2.75, 3.05) is 0 Å². The van der Waals surface area contributed by atoms with Crippen molar-refractivity contribution in [1.29, 1.82) is 0 Å². The Morgan fingerprint density at radius 1 is 0.585 bits per heavy atom. The maximum Gasteiger partial charge on any atom is 0.0798 e. The van der Waals surface area contributed by atoms with Gasteiger partial charge in [-0.05, 0) is 76.1 Å². The molecule has 3 aromatic heterocycles. The van der Waals surface area contributed by atoms with Crippen LogP contribution in [0.1, 0.15) is 70.1 Å². The molecule has 0 aliphatic carbocycles. The number of para-hydroxylation sites is 5. The van der Waals surface area contributed by atoms with Crippen molar-refractivity contribution < 1.29 is 20.1 Å². The maximum absolute atomic E-state index is 5.33. The molecular formula is C59H58IrN4Si-2. The van der Waals surface area contributed by atoms with Crippen molar-refractivity contribution in [3.05, 3.63) is 187 Å². The minimum Gasteiger partial charge on any atom is -0.350 e. The molecule has 0 atom stereocenters. The van der Waals surface area contributed by atoms with Gasteiger partial charge in [-0.2, -0.15) is 0 Å². The largest absolute Gasteiger partial charge is 0.350 e. The Labute approximate surface area is 399 Å². The van der Waals surface area contributed by atoms with Gasteiger partial charge in [0, 0.05) is 53.8 Å². The topological polar surface area (TPSA) is 35.6 Å². The maximum atomic E-state index is 5.33. The van der Waals surface area contributed by atoms with Gasteiger partial charge >= 0.3 is 0 Å². The molecule has 0 saturated heterocycles. The molecule has 0 bridgehead atoms. The van der Waals surface area contributed by atoms with E-state index < -0.39 is 8.07 Å². The third kappa shape index (κ3) is 8.80. The number of pyridine rings is 1. The normalized spacial score (nSPS) is 11.8. The van der Waals surface area contributed by atoms with Crippen molar-refractivity contribution >= 4 is 56.9 Å². The molecule has 10 aromatic rings. The van der Waals surface area contributed by atoms with E-state index in [0.717, 1.165) is 51.2 Å². The smallest absolute Gasteiger partial charge is 0.0798 e. The predicted octanol–water partition coefficient (Wildman–Crippen LogP) is 15.3. The van der Waals surface area contributed by atoms with E-state index in [1.807, 2.05) is 18.2 Å². The second-order valence-corrected chi connectivity index (χ2v) is 24.2. The van der Waals surface area contributed by atoms with Crippen LogP contribution in [0, 0.1) is 18.1 Å². The van der Waals surface area contributed by atoms with Crippen molar-refractivity contribution in [2.24, 2.45) is 5.92 Å². The summed E-state index contributed by atoms with van der Waals surface area (Å²) in [6.07, 6.45) is 3.24. The molecule has 65 heavy (non-hydrogen) atoms. The van der Waals surface area contributed by atoms with Gasteiger partial charge in [-0.3, -0.25) is 4.98 Å². The average molecular weight is 1040 g/mol. The van der Waals surface area contributed by atoms with Crippen molar-refractivity contribution in [3.63, 3.8) is 0 Å². The van der Waals surface area contributed by atoms with Crippen LogP contribution < -0.4 is 5.19 Å². The molecule has 0 aliphatic rings. The number of hydrogen-bond donors (Lipinski definition) is 0. The Bertz CT molecular complexity index is 3200. The van der Waals surface area contributed by atoms with Crippen LogP contribution in [0.2, 0.25) is 19.6 Å². The first-order chi connectivity index (χ1) is 30.9. The summed E-state index contributed by atoms with van der Waals surface area (Å²) in [4.78, 5) is 10.0. The van der Waals surface area contributed by atoms with E-state index in [-0.39, 0.29) is 20.1 Å². The Morgan fingerprint density at radius 2 is 1.15 bits per heavy atom. The third-order valence-corrected chi connectivity index (χ3v) is 14.5. The SMILES string of the molecule is CC(C)Cc1cc(-c2[c-]cccc2)ncc1[Si](C)(C)C.CC(C)c1cccc(C(C)C)c1-n1c(-c2[c-]cc(-n3c4ccccc4c4ccccc43)c3ccccc23)nc2ccccc21.[Ir]. The van der Waals surface area contributed by atoms with E-state index in [2.05, 4.69) is 227 Å². The Morgan fingerprint density at radius 3 is 1.74 bits per heavy atom. The summed E-state index contributed by atoms with van der Waals surface area (Å²) in [5.74, 6) is 2.30. The molecule has 0 aliphatic heterocycles. The molecule has 1 radical (unpaired) electrons. The van der Waals surface area contributed by atoms with E-state index in [1.54, 1.807) is 0 Å². The molecule has 0 amide bonds. The first kappa shape index (κ1) is 45.6. The second kappa shape index (κ2) is 18.9. The number of fused-ring (bicyclic) bond motifs is 5. The van der Waals surface area contributed by atoms with Crippen LogP contribution in [-0.2, 0) is 26.5 Å². The van der Waals surface area contributed by atoms with Crippen molar-refractivity contribution in [3.8, 4) is 34.0 Å². The Kier molecular flexibility index (Phi) is 13.3. The number of nitrogens with zero attached hydrogens (tertiary/aromatic N) is 4. The number of hydrogen-bond acceptors (Lipinski definition) is 2. The summed E-state index contributed by atoms with van der Waals surface area (Å²) in [6.45, 7) is 20.9. The fourth-order valence-electron chi connectivity index (χ4n) is 9.44. The van der Waals surface area contributed by atoms with E-state index >= 15 is 0 Å². The molecule has 0 saturated carbocycles. The summed E-state index contributed by atoms with van der Waals surface area (Å²) in [5.41, 5.74) is 14.1. The fraction of sp³-hybridized carbons (Fsp3) is 0.220. The zero-order valence-electron chi connectivity index (χ0n) is 39.1. The van der Waals surface area contributed by atoms with Crippen LogP contribution in [0.3, 0.4) is 0 Å². The van der Waals surface area contributed by atoms with Gasteiger partial charge in [0.15, 0.2) is 0 Å². The van der Waals surface area contributed by atoms with E-state index in [9.17, 15) is 0 Å². The van der Waals surface area contributed by atoms with Gasteiger partial charge in [0.25, 0.3) is 0 Å². The number of rotatable bonds is 9. The van der Waals surface area contributed by atoms with Gasteiger partial charge in [-0.25, -0.2) is 0 Å². The zero-order valence-corrected chi connectivity index (χ0v) is 42.5. The monoisotopic (exact) mass is 1040 g/mol. The van der Waals surface area contributed by atoms with Gasteiger partial charge in [0.2, 0.25) is 0 Å². The molecule has 6 heteroatoms. The first-order valence-corrected chi connectivity index (χ1v) is 26.4. The number of imidazole rings is 1. The van der Waals surface area contributed by atoms with Crippen LogP contribution >= 0.6 is 0 Å². The third-order valence-electron chi connectivity index (χ3n) is 12.4. The van der Waals surface area contributed by atoms with E-state index in [1.165, 1.54) is 54.8 Å². The minimum atomic E-state index is -1.34. The van der Waals surface area contributed by atoms with Crippen LogP contribution in [0.15, 0.2) is 158 Å². The standard InChI is InChI=1S/C41H34N3.C18H24NSi.Ir/c1-26(2)28-18-13-19-29(27(3)4)40(28)44-39-23-12-9-20-35(39)42-41(44)34-24-25-38(31-15-6-5-14-30(31)34)43-36-21-10-7-16-32(36)33-17-8-11-22-37(33)43;1-14(2)11-16-12-17(15-9-7-6-8-10-15)19-13-18(16)20(3,4)5;/h5-23,25-27H,1-4H3;6-9,12-14H,11H2,1-5H3;/q2*-1;. The molecule has 4 nitrogen and oxygen atoms in total. The summed E-state index contributed by atoms with van der Waals surface area (Å²) in [7, 11) is -1.34. The van der Waals surface area contributed by atoms with Gasteiger partial charge in [-0.15, -0.1) is 53.6 Å². The molecule has 0 N–H and O–H groups in total. The molecule has 0 spiro atoms.